The second-order valence-corrected chi connectivity index (χ2v) is 4.06. The third-order valence-electron chi connectivity index (χ3n) is 2.60. The van der Waals surface area contributed by atoms with Crippen molar-refractivity contribution in [3.8, 4) is 17.6 Å². The number of phenols is 1. The standard InChI is InChI=1S/C16H14N2O2/c17-10-4-6-12-5-3-7-13(11-12)18-16(20)14-8-1-2-9-15(14)19/h1-3,5,7-9,11,19H,10,17H2,(H,18,20). The Hall–Kier alpha value is -2.77. The number of rotatable bonds is 2. The zero-order valence-electron chi connectivity index (χ0n) is 10.8. The van der Waals surface area contributed by atoms with Gasteiger partial charge < -0.3 is 16.2 Å². The molecule has 1 amide bonds. The molecule has 0 aliphatic rings. The van der Waals surface area contributed by atoms with E-state index in [-0.39, 0.29) is 23.8 Å². The maximum absolute atomic E-state index is 12.0. The van der Waals surface area contributed by atoms with Gasteiger partial charge in [-0.2, -0.15) is 0 Å². The van der Waals surface area contributed by atoms with E-state index in [2.05, 4.69) is 17.2 Å². The number of nitrogens with one attached hydrogen (secondary N) is 1. The van der Waals surface area contributed by atoms with E-state index in [0.717, 1.165) is 5.56 Å². The van der Waals surface area contributed by atoms with Gasteiger partial charge in [0.05, 0.1) is 12.1 Å². The predicted molar refractivity (Wildman–Crippen MR) is 78.4 cm³/mol. The number of carbonyl (C=O) groups excluding carboxylic acids is 1. The molecule has 0 heterocycles. The van der Waals surface area contributed by atoms with Crippen LogP contribution in [0.4, 0.5) is 5.69 Å². The van der Waals surface area contributed by atoms with Crippen molar-refractivity contribution in [1.82, 2.24) is 0 Å². The monoisotopic (exact) mass is 266 g/mol. The quantitative estimate of drug-likeness (QED) is 0.727. The predicted octanol–water partition coefficient (Wildman–Crippen LogP) is 1.95. The van der Waals surface area contributed by atoms with E-state index in [9.17, 15) is 9.90 Å². The van der Waals surface area contributed by atoms with Gasteiger partial charge in [-0.05, 0) is 30.3 Å². The Morgan fingerprint density at radius 1 is 1.20 bits per heavy atom. The summed E-state index contributed by atoms with van der Waals surface area (Å²) in [7, 11) is 0. The van der Waals surface area contributed by atoms with E-state index in [1.54, 1.807) is 36.4 Å². The van der Waals surface area contributed by atoms with Crippen molar-refractivity contribution in [2.24, 2.45) is 5.73 Å². The number of anilines is 1. The Bertz CT molecular complexity index is 684. The second kappa shape index (κ2) is 6.41. The minimum Gasteiger partial charge on any atom is -0.507 e. The van der Waals surface area contributed by atoms with Crippen LogP contribution in [0.1, 0.15) is 15.9 Å². The molecule has 4 nitrogen and oxygen atoms in total. The molecule has 0 aliphatic carbocycles. The van der Waals surface area contributed by atoms with Gasteiger partial charge in [-0.15, -0.1) is 0 Å². The van der Waals surface area contributed by atoms with Crippen LogP contribution in [0, 0.1) is 11.8 Å². The van der Waals surface area contributed by atoms with Gasteiger partial charge in [0.2, 0.25) is 0 Å². The normalized spacial score (nSPS) is 9.45. The lowest BCUT2D eigenvalue weighted by Crippen LogP contribution is -2.12. The van der Waals surface area contributed by atoms with Crippen molar-refractivity contribution in [3.63, 3.8) is 0 Å². The maximum Gasteiger partial charge on any atom is 0.259 e. The first kappa shape index (κ1) is 13.7. The lowest BCUT2D eigenvalue weighted by atomic mass is 10.1. The number of benzene rings is 2. The molecule has 0 atom stereocenters. The minimum atomic E-state index is -0.368. The molecule has 2 rings (SSSR count). The zero-order chi connectivity index (χ0) is 14.4. The highest BCUT2D eigenvalue weighted by Crippen LogP contribution is 2.18. The van der Waals surface area contributed by atoms with Crippen LogP contribution in [0.25, 0.3) is 0 Å². The Balaban J connectivity index is 2.18. The third kappa shape index (κ3) is 3.37. The summed E-state index contributed by atoms with van der Waals surface area (Å²) in [6, 6.07) is 13.5. The average molecular weight is 266 g/mol. The third-order valence-corrected chi connectivity index (χ3v) is 2.60. The number of amides is 1. The first-order valence-electron chi connectivity index (χ1n) is 6.09. The van der Waals surface area contributed by atoms with Crippen molar-refractivity contribution >= 4 is 11.6 Å². The van der Waals surface area contributed by atoms with Crippen LogP contribution in [0.2, 0.25) is 0 Å². The van der Waals surface area contributed by atoms with Gasteiger partial charge in [0.25, 0.3) is 5.91 Å². The molecule has 4 N–H and O–H groups in total. The summed E-state index contributed by atoms with van der Waals surface area (Å²) in [4.78, 5) is 12.0. The van der Waals surface area contributed by atoms with Crippen LogP contribution in [-0.2, 0) is 0 Å². The average Bonchev–Trinajstić information content (AvgIpc) is 2.46. The van der Waals surface area contributed by atoms with E-state index in [4.69, 9.17) is 5.73 Å². The Kier molecular flexibility index (Phi) is 4.38. The van der Waals surface area contributed by atoms with Crippen LogP contribution in [0.15, 0.2) is 48.5 Å². The smallest absolute Gasteiger partial charge is 0.259 e. The van der Waals surface area contributed by atoms with Crippen molar-refractivity contribution in [1.29, 1.82) is 0 Å². The molecular weight excluding hydrogens is 252 g/mol. The fourth-order valence-corrected chi connectivity index (χ4v) is 1.69. The molecule has 0 spiro atoms. The van der Waals surface area contributed by atoms with E-state index in [1.807, 2.05) is 6.07 Å². The molecule has 0 fully saturated rings. The van der Waals surface area contributed by atoms with E-state index < -0.39 is 0 Å². The van der Waals surface area contributed by atoms with Crippen molar-refractivity contribution < 1.29 is 9.90 Å². The number of nitrogens with two attached hydrogens (primary N) is 1. The molecule has 0 radical (unpaired) electrons. The number of hydrogen-bond donors (Lipinski definition) is 3. The van der Waals surface area contributed by atoms with Crippen molar-refractivity contribution in [2.45, 2.75) is 0 Å². The largest absolute Gasteiger partial charge is 0.507 e. The van der Waals surface area contributed by atoms with Gasteiger partial charge in [-0.3, -0.25) is 4.79 Å². The van der Waals surface area contributed by atoms with Crippen molar-refractivity contribution in [3.05, 3.63) is 59.7 Å². The van der Waals surface area contributed by atoms with E-state index in [1.165, 1.54) is 6.07 Å². The Labute approximate surface area is 117 Å². The number of phenolic OH excluding ortho intramolecular Hbond substituents is 1. The molecule has 100 valence electrons. The second-order valence-electron chi connectivity index (χ2n) is 4.06. The molecule has 0 bridgehead atoms. The van der Waals surface area contributed by atoms with Gasteiger partial charge >= 0.3 is 0 Å². The number of para-hydroxylation sites is 1. The summed E-state index contributed by atoms with van der Waals surface area (Å²) in [6.45, 7) is 0.286. The number of carbonyl (C=O) groups is 1. The van der Waals surface area contributed by atoms with Gasteiger partial charge in [0, 0.05) is 11.3 Å². The summed E-state index contributed by atoms with van der Waals surface area (Å²) in [6.07, 6.45) is 0. The van der Waals surface area contributed by atoms with E-state index >= 15 is 0 Å². The first-order valence-corrected chi connectivity index (χ1v) is 6.09. The highest BCUT2D eigenvalue weighted by Gasteiger charge is 2.10. The SMILES string of the molecule is NCC#Cc1cccc(NC(=O)c2ccccc2O)c1. The topological polar surface area (TPSA) is 75.3 Å². The molecule has 2 aromatic rings. The van der Waals surface area contributed by atoms with Crippen LogP contribution < -0.4 is 11.1 Å². The first-order chi connectivity index (χ1) is 9.70. The fourth-order valence-electron chi connectivity index (χ4n) is 1.69. The lowest BCUT2D eigenvalue weighted by molar-refractivity contribution is 0.102. The van der Waals surface area contributed by atoms with Crippen LogP contribution in [-0.4, -0.2) is 17.6 Å². The van der Waals surface area contributed by atoms with Crippen LogP contribution >= 0.6 is 0 Å². The molecule has 0 aliphatic heterocycles. The maximum atomic E-state index is 12.0. The van der Waals surface area contributed by atoms with Gasteiger partial charge in [-0.25, -0.2) is 0 Å². The van der Waals surface area contributed by atoms with Crippen LogP contribution in [0.3, 0.4) is 0 Å². The number of hydrogen-bond acceptors (Lipinski definition) is 3. The highest BCUT2D eigenvalue weighted by atomic mass is 16.3. The van der Waals surface area contributed by atoms with Crippen LogP contribution in [0.5, 0.6) is 5.75 Å². The molecule has 20 heavy (non-hydrogen) atoms. The Morgan fingerprint density at radius 3 is 2.75 bits per heavy atom. The molecule has 0 unspecified atom stereocenters. The zero-order valence-corrected chi connectivity index (χ0v) is 10.8. The summed E-state index contributed by atoms with van der Waals surface area (Å²) in [5, 5.41) is 12.4. The van der Waals surface area contributed by atoms with E-state index in [0.29, 0.717) is 5.69 Å². The lowest BCUT2D eigenvalue weighted by Gasteiger charge is -2.06. The summed E-state index contributed by atoms with van der Waals surface area (Å²) in [5.74, 6) is 5.22. The van der Waals surface area contributed by atoms with Gasteiger partial charge in [0.15, 0.2) is 0 Å². The fraction of sp³-hybridized carbons (Fsp3) is 0.0625. The summed E-state index contributed by atoms with van der Waals surface area (Å²) in [5.41, 5.74) is 6.93. The minimum absolute atomic E-state index is 0.0518. The molecular formula is C16H14N2O2. The summed E-state index contributed by atoms with van der Waals surface area (Å²) < 4.78 is 0. The van der Waals surface area contributed by atoms with Gasteiger partial charge in [-0.1, -0.05) is 30.0 Å². The molecule has 0 saturated carbocycles. The number of aromatic hydroxyl groups is 1. The highest BCUT2D eigenvalue weighted by molar-refractivity contribution is 6.06. The summed E-state index contributed by atoms with van der Waals surface area (Å²) >= 11 is 0. The molecule has 4 heteroatoms. The molecule has 0 aromatic heterocycles. The molecule has 2 aromatic carbocycles. The Morgan fingerprint density at radius 2 is 2.00 bits per heavy atom. The molecule has 0 saturated heterocycles. The van der Waals surface area contributed by atoms with Crippen molar-refractivity contribution in [2.75, 3.05) is 11.9 Å². The van der Waals surface area contributed by atoms with Gasteiger partial charge in [0.1, 0.15) is 5.75 Å².